The van der Waals surface area contributed by atoms with Crippen LogP contribution in [0.15, 0.2) is 12.4 Å². The third-order valence-electron chi connectivity index (χ3n) is 2.58. The van der Waals surface area contributed by atoms with Crippen LogP contribution < -0.4 is 11.1 Å². The zero-order valence-corrected chi connectivity index (χ0v) is 10.6. The Morgan fingerprint density at radius 2 is 2.12 bits per heavy atom. The number of hydrogen-bond acceptors (Lipinski definition) is 4. The third kappa shape index (κ3) is 4.91. The maximum atomic E-state index is 11.6. The van der Waals surface area contributed by atoms with Crippen molar-refractivity contribution in [3.63, 3.8) is 0 Å². The minimum absolute atomic E-state index is 0.0476. The molecule has 1 amide bonds. The van der Waals surface area contributed by atoms with Crippen molar-refractivity contribution in [3.05, 3.63) is 23.8 Å². The first-order chi connectivity index (χ1) is 7.99. The summed E-state index contributed by atoms with van der Waals surface area (Å²) >= 11 is 0. The van der Waals surface area contributed by atoms with Crippen molar-refractivity contribution >= 4 is 5.91 Å². The van der Waals surface area contributed by atoms with Crippen molar-refractivity contribution in [1.82, 2.24) is 15.3 Å². The van der Waals surface area contributed by atoms with Crippen molar-refractivity contribution in [2.75, 3.05) is 0 Å². The summed E-state index contributed by atoms with van der Waals surface area (Å²) in [5.74, 6) is 0.258. The average molecular weight is 236 g/mol. The Bertz CT molecular complexity index is 361. The molecule has 0 fully saturated rings. The van der Waals surface area contributed by atoms with E-state index >= 15 is 0 Å². The number of amides is 1. The molecule has 5 nitrogen and oxygen atoms in total. The van der Waals surface area contributed by atoms with Gasteiger partial charge in [0.1, 0.15) is 0 Å². The molecule has 1 heterocycles. The third-order valence-corrected chi connectivity index (χ3v) is 2.58. The number of nitrogens with one attached hydrogen (secondary N) is 1. The highest BCUT2D eigenvalue weighted by Crippen LogP contribution is 2.02. The monoisotopic (exact) mass is 236 g/mol. The van der Waals surface area contributed by atoms with Gasteiger partial charge in [0.2, 0.25) is 5.91 Å². The Kier molecular flexibility index (Phi) is 5.03. The molecule has 94 valence electrons. The summed E-state index contributed by atoms with van der Waals surface area (Å²) in [6.07, 6.45) is 3.69. The minimum Gasteiger partial charge on any atom is -0.350 e. The van der Waals surface area contributed by atoms with Crippen molar-refractivity contribution in [2.24, 2.45) is 11.7 Å². The lowest BCUT2D eigenvalue weighted by Gasteiger charge is -2.14. The van der Waals surface area contributed by atoms with Crippen molar-refractivity contribution in [2.45, 2.75) is 39.8 Å². The van der Waals surface area contributed by atoms with Crippen LogP contribution in [-0.4, -0.2) is 21.9 Å². The predicted molar refractivity (Wildman–Crippen MR) is 66.0 cm³/mol. The number of rotatable bonds is 5. The quantitative estimate of drug-likeness (QED) is 0.791. The zero-order chi connectivity index (χ0) is 12.8. The van der Waals surface area contributed by atoms with Crippen molar-refractivity contribution in [3.8, 4) is 0 Å². The summed E-state index contributed by atoms with van der Waals surface area (Å²) in [5.41, 5.74) is 7.43. The summed E-state index contributed by atoms with van der Waals surface area (Å²) < 4.78 is 0. The molecule has 0 radical (unpaired) electrons. The van der Waals surface area contributed by atoms with E-state index in [1.807, 2.05) is 20.8 Å². The van der Waals surface area contributed by atoms with E-state index in [1.165, 1.54) is 0 Å². The molecular weight excluding hydrogens is 216 g/mol. The largest absolute Gasteiger partial charge is 0.350 e. The van der Waals surface area contributed by atoms with E-state index in [0.29, 0.717) is 18.9 Å². The molecule has 1 rings (SSSR count). The van der Waals surface area contributed by atoms with Crippen LogP contribution in [0.2, 0.25) is 0 Å². The first kappa shape index (κ1) is 13.6. The van der Waals surface area contributed by atoms with Crippen molar-refractivity contribution < 1.29 is 4.79 Å². The van der Waals surface area contributed by atoms with E-state index in [-0.39, 0.29) is 11.9 Å². The van der Waals surface area contributed by atoms with Gasteiger partial charge in [0.15, 0.2) is 0 Å². The summed E-state index contributed by atoms with van der Waals surface area (Å²) in [6, 6.07) is -0.0981. The second-order valence-corrected chi connectivity index (χ2v) is 4.54. The zero-order valence-electron chi connectivity index (χ0n) is 10.6. The molecule has 0 aliphatic heterocycles. The van der Waals surface area contributed by atoms with Gasteiger partial charge in [0, 0.05) is 18.7 Å². The summed E-state index contributed by atoms with van der Waals surface area (Å²) in [7, 11) is 0. The standard InChI is InChI=1S/C12H20N4O/c1-8(2)11(13)4-12(17)16-7-10-6-14-9(3)5-15-10/h5-6,8,11H,4,7,13H2,1-3H3,(H,16,17). The SMILES string of the molecule is Cc1cnc(CNC(=O)CC(N)C(C)C)cn1. The minimum atomic E-state index is -0.0981. The fraction of sp³-hybridized carbons (Fsp3) is 0.583. The predicted octanol–water partition coefficient (Wildman–Crippen LogP) is 0.775. The molecule has 0 aliphatic rings. The second-order valence-electron chi connectivity index (χ2n) is 4.54. The lowest BCUT2D eigenvalue weighted by atomic mass is 10.0. The number of hydrogen-bond donors (Lipinski definition) is 2. The number of aryl methyl sites for hydroxylation is 1. The van der Waals surface area contributed by atoms with Crippen LogP contribution >= 0.6 is 0 Å². The van der Waals surface area contributed by atoms with E-state index < -0.39 is 0 Å². The lowest BCUT2D eigenvalue weighted by molar-refractivity contribution is -0.121. The Balaban J connectivity index is 2.35. The average Bonchev–Trinajstić information content (AvgIpc) is 2.28. The van der Waals surface area contributed by atoms with Crippen LogP contribution in [0.1, 0.15) is 31.7 Å². The molecule has 1 aromatic rings. The molecule has 0 aromatic carbocycles. The van der Waals surface area contributed by atoms with Gasteiger partial charge in [-0.05, 0) is 12.8 Å². The maximum Gasteiger partial charge on any atom is 0.221 e. The van der Waals surface area contributed by atoms with Gasteiger partial charge in [-0.25, -0.2) is 0 Å². The Morgan fingerprint density at radius 1 is 1.41 bits per heavy atom. The second kappa shape index (κ2) is 6.30. The topological polar surface area (TPSA) is 80.9 Å². The molecule has 3 N–H and O–H groups in total. The number of nitrogens with zero attached hydrogens (tertiary/aromatic N) is 2. The Labute approximate surface area is 102 Å². The maximum absolute atomic E-state index is 11.6. The van der Waals surface area contributed by atoms with Gasteiger partial charge in [0.05, 0.1) is 24.1 Å². The van der Waals surface area contributed by atoms with E-state index in [2.05, 4.69) is 15.3 Å². The van der Waals surface area contributed by atoms with Gasteiger partial charge in [0.25, 0.3) is 0 Å². The molecule has 0 saturated heterocycles. The molecular formula is C12H20N4O. The van der Waals surface area contributed by atoms with Crippen LogP contribution in [0.4, 0.5) is 0 Å². The molecule has 1 aromatic heterocycles. The van der Waals surface area contributed by atoms with Gasteiger partial charge in [-0.1, -0.05) is 13.8 Å². The highest BCUT2D eigenvalue weighted by atomic mass is 16.1. The van der Waals surface area contributed by atoms with Gasteiger partial charge >= 0.3 is 0 Å². The summed E-state index contributed by atoms with van der Waals surface area (Å²) in [6.45, 7) is 6.28. The Morgan fingerprint density at radius 3 is 2.65 bits per heavy atom. The fourth-order valence-electron chi connectivity index (χ4n) is 1.22. The molecule has 0 bridgehead atoms. The smallest absolute Gasteiger partial charge is 0.221 e. The van der Waals surface area contributed by atoms with Crippen molar-refractivity contribution in [1.29, 1.82) is 0 Å². The highest BCUT2D eigenvalue weighted by molar-refractivity contribution is 5.76. The lowest BCUT2D eigenvalue weighted by Crippen LogP contribution is -2.34. The molecule has 0 aliphatic carbocycles. The molecule has 1 atom stereocenters. The number of carbonyl (C=O) groups excluding carboxylic acids is 1. The van der Waals surface area contributed by atoms with Crippen LogP contribution in [0.25, 0.3) is 0 Å². The number of aromatic nitrogens is 2. The van der Waals surface area contributed by atoms with E-state index in [4.69, 9.17) is 5.73 Å². The van der Waals surface area contributed by atoms with E-state index in [9.17, 15) is 4.79 Å². The normalized spacial score (nSPS) is 12.5. The summed E-state index contributed by atoms with van der Waals surface area (Å²) in [4.78, 5) is 19.8. The first-order valence-electron chi connectivity index (χ1n) is 5.79. The van der Waals surface area contributed by atoms with Gasteiger partial charge in [-0.15, -0.1) is 0 Å². The molecule has 1 unspecified atom stereocenters. The van der Waals surface area contributed by atoms with Gasteiger partial charge in [-0.2, -0.15) is 0 Å². The van der Waals surface area contributed by atoms with Crippen LogP contribution in [-0.2, 0) is 11.3 Å². The van der Waals surface area contributed by atoms with E-state index in [1.54, 1.807) is 12.4 Å². The van der Waals surface area contributed by atoms with Crippen LogP contribution in [0, 0.1) is 12.8 Å². The number of carbonyl (C=O) groups is 1. The highest BCUT2D eigenvalue weighted by Gasteiger charge is 2.12. The van der Waals surface area contributed by atoms with Gasteiger partial charge < -0.3 is 11.1 Å². The molecule has 17 heavy (non-hydrogen) atoms. The fourth-order valence-corrected chi connectivity index (χ4v) is 1.22. The summed E-state index contributed by atoms with van der Waals surface area (Å²) in [5, 5.41) is 2.78. The van der Waals surface area contributed by atoms with Crippen LogP contribution in [0.3, 0.4) is 0 Å². The van der Waals surface area contributed by atoms with Gasteiger partial charge in [-0.3, -0.25) is 14.8 Å². The van der Waals surface area contributed by atoms with E-state index in [0.717, 1.165) is 11.4 Å². The molecule has 0 saturated carbocycles. The first-order valence-corrected chi connectivity index (χ1v) is 5.79. The Hall–Kier alpha value is -1.49. The van der Waals surface area contributed by atoms with Crippen LogP contribution in [0.5, 0.6) is 0 Å². The molecule has 0 spiro atoms. The number of nitrogens with two attached hydrogens (primary N) is 1. The molecule has 5 heteroatoms.